The minimum absolute atomic E-state index is 0.763. The topological polar surface area (TPSA) is 28.4 Å². The second kappa shape index (κ2) is 5.68. The Balaban J connectivity index is 1.49. The van der Waals surface area contributed by atoms with Crippen LogP contribution < -0.4 is 5.32 Å². The number of nitrogens with one attached hydrogen (secondary N) is 1. The van der Waals surface area contributed by atoms with Gasteiger partial charge in [-0.3, -0.25) is 4.90 Å². The van der Waals surface area contributed by atoms with Gasteiger partial charge in [0.25, 0.3) is 0 Å². The molecule has 1 N–H and O–H groups in total. The van der Waals surface area contributed by atoms with Gasteiger partial charge in [-0.25, -0.2) is 0 Å². The second-order valence-corrected chi connectivity index (χ2v) is 6.44. The summed E-state index contributed by atoms with van der Waals surface area (Å²) in [4.78, 5) is 2.40. The molecule has 0 unspecified atom stereocenters. The molecule has 0 saturated heterocycles. The van der Waals surface area contributed by atoms with E-state index in [1.165, 1.54) is 44.2 Å². The first-order chi connectivity index (χ1) is 9.20. The van der Waals surface area contributed by atoms with Crippen LogP contribution in [0.2, 0.25) is 0 Å². The Kier molecular flexibility index (Phi) is 3.94. The van der Waals surface area contributed by atoms with Crippen LogP contribution >= 0.6 is 0 Å². The van der Waals surface area contributed by atoms with E-state index in [-0.39, 0.29) is 0 Å². The number of nitrogens with zero attached hydrogens (tertiary/aromatic N) is 1. The van der Waals surface area contributed by atoms with Crippen LogP contribution in [0.3, 0.4) is 0 Å². The summed E-state index contributed by atoms with van der Waals surface area (Å²) in [5.74, 6) is 3.13. The molecule has 0 spiro atoms. The maximum Gasteiger partial charge on any atom is 0.118 e. The van der Waals surface area contributed by atoms with Gasteiger partial charge in [-0.2, -0.15) is 0 Å². The summed E-state index contributed by atoms with van der Waals surface area (Å²) in [5, 5.41) is 3.56. The Hall–Kier alpha value is -0.800. The van der Waals surface area contributed by atoms with Crippen molar-refractivity contribution < 1.29 is 4.42 Å². The first kappa shape index (κ1) is 13.2. The van der Waals surface area contributed by atoms with Gasteiger partial charge in [0, 0.05) is 24.7 Å². The quantitative estimate of drug-likeness (QED) is 0.818. The molecule has 1 aromatic heterocycles. The highest BCUT2D eigenvalue weighted by molar-refractivity contribution is 5.21. The minimum Gasteiger partial charge on any atom is -0.465 e. The first-order valence-electron chi connectivity index (χ1n) is 7.71. The lowest BCUT2D eigenvalue weighted by Gasteiger charge is -2.29. The van der Waals surface area contributed by atoms with Gasteiger partial charge >= 0.3 is 0 Å². The van der Waals surface area contributed by atoms with Crippen molar-refractivity contribution in [1.82, 2.24) is 10.2 Å². The lowest BCUT2D eigenvalue weighted by atomic mass is 9.85. The van der Waals surface area contributed by atoms with E-state index in [1.54, 1.807) is 0 Å². The molecular weight excluding hydrogens is 236 g/mol. The van der Waals surface area contributed by atoms with Gasteiger partial charge < -0.3 is 9.73 Å². The fourth-order valence-electron chi connectivity index (χ4n) is 2.83. The zero-order chi connectivity index (χ0) is 13.2. The van der Waals surface area contributed by atoms with Crippen molar-refractivity contribution in [2.75, 3.05) is 13.6 Å². The van der Waals surface area contributed by atoms with Gasteiger partial charge in [0.2, 0.25) is 0 Å². The molecule has 0 aliphatic heterocycles. The summed E-state index contributed by atoms with van der Waals surface area (Å²) in [7, 11) is 2.21. The second-order valence-electron chi connectivity index (χ2n) is 6.44. The zero-order valence-corrected chi connectivity index (χ0v) is 12.2. The molecule has 1 heterocycles. The Labute approximate surface area is 116 Å². The third kappa shape index (κ3) is 3.61. The van der Waals surface area contributed by atoms with Crippen LogP contribution in [0.5, 0.6) is 0 Å². The van der Waals surface area contributed by atoms with E-state index in [9.17, 15) is 0 Å². The van der Waals surface area contributed by atoms with Gasteiger partial charge in [0.1, 0.15) is 11.5 Å². The van der Waals surface area contributed by atoms with Crippen LogP contribution in [-0.2, 0) is 13.1 Å². The number of aryl methyl sites for hydroxylation is 1. The minimum atomic E-state index is 0.763. The van der Waals surface area contributed by atoms with Crippen molar-refractivity contribution in [1.29, 1.82) is 0 Å². The number of furan rings is 1. The molecule has 0 bridgehead atoms. The van der Waals surface area contributed by atoms with E-state index in [1.807, 2.05) is 0 Å². The number of hydrogen-bond acceptors (Lipinski definition) is 3. The van der Waals surface area contributed by atoms with E-state index in [0.29, 0.717) is 0 Å². The summed E-state index contributed by atoms with van der Waals surface area (Å²) in [6, 6.07) is 3.00. The molecule has 2 aliphatic rings. The van der Waals surface area contributed by atoms with Crippen molar-refractivity contribution >= 4 is 0 Å². The fourth-order valence-corrected chi connectivity index (χ4v) is 2.83. The van der Waals surface area contributed by atoms with Crippen molar-refractivity contribution in [3.8, 4) is 0 Å². The summed E-state index contributed by atoms with van der Waals surface area (Å²) in [5.41, 5.74) is 1.33. The molecule has 19 heavy (non-hydrogen) atoms. The van der Waals surface area contributed by atoms with Crippen LogP contribution in [0, 0.1) is 12.8 Å². The van der Waals surface area contributed by atoms with E-state index >= 15 is 0 Å². The van der Waals surface area contributed by atoms with E-state index in [2.05, 4.69) is 30.3 Å². The predicted octanol–water partition coefficient (Wildman–Crippen LogP) is 3.07. The summed E-state index contributed by atoms with van der Waals surface area (Å²) < 4.78 is 5.89. The lowest BCUT2D eigenvalue weighted by Crippen LogP contribution is -2.28. The zero-order valence-electron chi connectivity index (χ0n) is 12.2. The van der Waals surface area contributed by atoms with Crippen molar-refractivity contribution in [2.24, 2.45) is 5.92 Å². The predicted molar refractivity (Wildman–Crippen MR) is 77.0 cm³/mol. The van der Waals surface area contributed by atoms with Gasteiger partial charge in [0.05, 0.1) is 6.54 Å². The van der Waals surface area contributed by atoms with E-state index < -0.39 is 0 Å². The van der Waals surface area contributed by atoms with Gasteiger partial charge in [-0.15, -0.1) is 0 Å². The molecule has 2 saturated carbocycles. The molecular formula is C16H26N2O. The first-order valence-corrected chi connectivity index (χ1v) is 7.71. The standard InChI is InChI=1S/C16H26N2O/c1-12-14(9-17-15-6-7-15)8-16(19-12)11-18(2)10-13-4-3-5-13/h8,13,15,17H,3-7,9-11H2,1-2H3. The molecule has 3 heteroatoms. The van der Waals surface area contributed by atoms with Gasteiger partial charge in [0.15, 0.2) is 0 Å². The Morgan fingerprint density at radius 3 is 2.74 bits per heavy atom. The van der Waals surface area contributed by atoms with Crippen molar-refractivity contribution in [2.45, 2.75) is 58.2 Å². The number of hydrogen-bond donors (Lipinski definition) is 1. The van der Waals surface area contributed by atoms with Crippen molar-refractivity contribution in [3.05, 3.63) is 23.2 Å². The summed E-state index contributed by atoms with van der Waals surface area (Å²) in [6.07, 6.45) is 6.94. The highest BCUT2D eigenvalue weighted by Crippen LogP contribution is 2.27. The van der Waals surface area contributed by atoms with Crippen LogP contribution in [-0.4, -0.2) is 24.5 Å². The normalized spacial score (nSPS) is 19.9. The Morgan fingerprint density at radius 2 is 2.11 bits per heavy atom. The van der Waals surface area contributed by atoms with Gasteiger partial charge in [-0.05, 0) is 51.6 Å². The Morgan fingerprint density at radius 1 is 1.32 bits per heavy atom. The highest BCUT2D eigenvalue weighted by atomic mass is 16.3. The third-order valence-electron chi connectivity index (χ3n) is 4.45. The lowest BCUT2D eigenvalue weighted by molar-refractivity contribution is 0.190. The Bertz CT molecular complexity index is 418. The average molecular weight is 262 g/mol. The largest absolute Gasteiger partial charge is 0.465 e. The molecule has 3 rings (SSSR count). The molecule has 0 amide bonds. The van der Waals surface area contributed by atoms with Gasteiger partial charge in [-0.1, -0.05) is 6.42 Å². The molecule has 0 aromatic carbocycles. The molecule has 2 aliphatic carbocycles. The fraction of sp³-hybridized carbons (Fsp3) is 0.750. The molecule has 3 nitrogen and oxygen atoms in total. The highest BCUT2D eigenvalue weighted by Gasteiger charge is 2.22. The SMILES string of the molecule is Cc1oc(CN(C)CC2CCC2)cc1CNC1CC1. The maximum atomic E-state index is 5.89. The number of rotatable bonds is 7. The smallest absolute Gasteiger partial charge is 0.118 e. The molecule has 2 fully saturated rings. The van der Waals surface area contributed by atoms with Crippen LogP contribution in [0.4, 0.5) is 0 Å². The van der Waals surface area contributed by atoms with E-state index in [0.717, 1.165) is 36.6 Å². The van der Waals surface area contributed by atoms with Crippen LogP contribution in [0.25, 0.3) is 0 Å². The van der Waals surface area contributed by atoms with Crippen molar-refractivity contribution in [3.63, 3.8) is 0 Å². The third-order valence-corrected chi connectivity index (χ3v) is 4.45. The molecule has 106 valence electrons. The molecule has 0 atom stereocenters. The van der Waals surface area contributed by atoms with E-state index in [4.69, 9.17) is 4.42 Å². The van der Waals surface area contributed by atoms with Crippen LogP contribution in [0.15, 0.2) is 10.5 Å². The maximum absolute atomic E-state index is 5.89. The molecule has 1 aromatic rings. The average Bonchev–Trinajstić information content (AvgIpc) is 3.07. The van der Waals surface area contributed by atoms with Crippen LogP contribution in [0.1, 0.15) is 49.2 Å². The summed E-state index contributed by atoms with van der Waals surface area (Å²) in [6.45, 7) is 5.21. The summed E-state index contributed by atoms with van der Waals surface area (Å²) >= 11 is 0. The monoisotopic (exact) mass is 262 g/mol. The molecule has 0 radical (unpaired) electrons.